The van der Waals surface area contributed by atoms with Gasteiger partial charge in [0.25, 0.3) is 0 Å². The second-order valence-electron chi connectivity index (χ2n) is 11.7. The first-order valence-electron chi connectivity index (χ1n) is 14.1. The molecule has 0 fully saturated rings. The van der Waals surface area contributed by atoms with Crippen molar-refractivity contribution in [3.8, 4) is 11.4 Å². The van der Waals surface area contributed by atoms with Crippen molar-refractivity contribution in [2.45, 2.75) is 73.0 Å². The average molecular weight is 508 g/mol. The van der Waals surface area contributed by atoms with Crippen molar-refractivity contribution in [3.05, 3.63) is 89.9 Å². The summed E-state index contributed by atoms with van der Waals surface area (Å²) in [4.78, 5) is 7.96. The van der Waals surface area contributed by atoms with E-state index in [9.17, 15) is 0 Å². The third-order valence-electron chi connectivity index (χ3n) is 7.09. The van der Waals surface area contributed by atoms with Crippen LogP contribution in [0.3, 0.4) is 0 Å². The van der Waals surface area contributed by atoms with E-state index < -0.39 is 0 Å². The highest BCUT2D eigenvalue weighted by Gasteiger charge is 2.25. The summed E-state index contributed by atoms with van der Waals surface area (Å²) in [5, 5.41) is 8.46. The van der Waals surface area contributed by atoms with E-state index >= 15 is 0 Å². The Labute approximate surface area is 227 Å². The normalized spacial score (nSPS) is 14.0. The molecule has 5 rings (SSSR count). The molecule has 1 aliphatic rings. The van der Waals surface area contributed by atoms with E-state index in [4.69, 9.17) is 4.98 Å². The fourth-order valence-electron chi connectivity index (χ4n) is 5.43. The van der Waals surface area contributed by atoms with Crippen LogP contribution in [-0.4, -0.2) is 31.2 Å². The highest BCUT2D eigenvalue weighted by Crippen LogP contribution is 2.32. The number of imidazole rings is 1. The molecule has 2 aromatic carbocycles. The fourth-order valence-corrected chi connectivity index (χ4v) is 5.43. The molecule has 1 aliphatic carbocycles. The summed E-state index contributed by atoms with van der Waals surface area (Å²) in [5.74, 6) is 1.08. The van der Waals surface area contributed by atoms with Crippen LogP contribution in [0.2, 0.25) is 0 Å². The lowest BCUT2D eigenvalue weighted by molar-refractivity contribution is 0.172. The predicted molar refractivity (Wildman–Crippen MR) is 159 cm³/mol. The SMILES string of the molecule is CCCCn1c(-c2ccccc2)nc(C2=CCCC=C2)c1CN(Cc1ccc2[nH]ncc2c1)CC(C)(C)C. The Bertz CT molecular complexity index is 1410. The number of aromatic amines is 1. The lowest BCUT2D eigenvalue weighted by Crippen LogP contribution is -2.33. The first-order chi connectivity index (χ1) is 18.4. The molecule has 0 bridgehead atoms. The molecule has 5 nitrogen and oxygen atoms in total. The van der Waals surface area contributed by atoms with Gasteiger partial charge in [-0.3, -0.25) is 10.00 Å². The zero-order chi connectivity index (χ0) is 26.5. The predicted octanol–water partition coefficient (Wildman–Crippen LogP) is 8.01. The van der Waals surface area contributed by atoms with Gasteiger partial charge in [-0.05, 0) is 47.9 Å². The largest absolute Gasteiger partial charge is 0.326 e. The first kappa shape index (κ1) is 26.2. The van der Waals surface area contributed by atoms with Crippen LogP contribution in [0.15, 0.2) is 73.0 Å². The van der Waals surface area contributed by atoms with Gasteiger partial charge >= 0.3 is 0 Å². The first-order valence-corrected chi connectivity index (χ1v) is 14.1. The van der Waals surface area contributed by atoms with Gasteiger partial charge < -0.3 is 4.57 Å². The number of rotatable bonds is 10. The highest BCUT2D eigenvalue weighted by atomic mass is 15.2. The second kappa shape index (κ2) is 11.5. The molecule has 4 aromatic rings. The molecule has 2 aromatic heterocycles. The van der Waals surface area contributed by atoms with Crippen LogP contribution in [0.25, 0.3) is 27.9 Å². The number of nitrogens with one attached hydrogen (secondary N) is 1. The molecule has 38 heavy (non-hydrogen) atoms. The van der Waals surface area contributed by atoms with Crippen LogP contribution < -0.4 is 0 Å². The van der Waals surface area contributed by atoms with E-state index in [0.717, 1.165) is 74.3 Å². The minimum Gasteiger partial charge on any atom is -0.326 e. The highest BCUT2D eigenvalue weighted by molar-refractivity contribution is 5.78. The number of benzene rings is 2. The van der Waals surface area contributed by atoms with Gasteiger partial charge in [-0.2, -0.15) is 5.10 Å². The number of unbranched alkanes of at least 4 members (excludes halogenated alkanes) is 1. The molecule has 2 heterocycles. The van der Waals surface area contributed by atoms with Crippen LogP contribution in [-0.2, 0) is 19.6 Å². The standard InChI is InChI=1S/C33H41N5/c1-5-6-19-38-30(31(26-13-9-7-10-14-26)35-32(38)27-15-11-8-12-16-27)23-37(24-33(2,3)4)22-25-17-18-29-28(20-25)21-34-36-29/h8-9,11-18,20-21H,5-7,10,19,22-24H2,1-4H3,(H,34,36). The molecule has 0 saturated carbocycles. The minimum atomic E-state index is 0.167. The monoisotopic (exact) mass is 507 g/mol. The zero-order valence-electron chi connectivity index (χ0n) is 23.4. The Hall–Kier alpha value is -3.44. The van der Waals surface area contributed by atoms with Gasteiger partial charge in [0.2, 0.25) is 0 Å². The maximum Gasteiger partial charge on any atom is 0.140 e. The summed E-state index contributed by atoms with van der Waals surface area (Å²) in [6, 6.07) is 17.3. The lowest BCUT2D eigenvalue weighted by Gasteiger charge is -2.31. The van der Waals surface area contributed by atoms with Crippen molar-refractivity contribution in [1.82, 2.24) is 24.6 Å². The summed E-state index contributed by atoms with van der Waals surface area (Å²) >= 11 is 0. The maximum absolute atomic E-state index is 5.35. The van der Waals surface area contributed by atoms with Crippen LogP contribution in [0, 0.1) is 5.41 Å². The number of nitrogens with zero attached hydrogens (tertiary/aromatic N) is 4. The topological polar surface area (TPSA) is 49.7 Å². The molecular weight excluding hydrogens is 466 g/mol. The zero-order valence-corrected chi connectivity index (χ0v) is 23.4. The maximum atomic E-state index is 5.35. The summed E-state index contributed by atoms with van der Waals surface area (Å²) in [7, 11) is 0. The molecule has 0 amide bonds. The Morgan fingerprint density at radius 2 is 1.87 bits per heavy atom. The van der Waals surface area contributed by atoms with E-state index in [2.05, 4.69) is 114 Å². The van der Waals surface area contributed by atoms with Crippen molar-refractivity contribution >= 4 is 16.5 Å². The van der Waals surface area contributed by atoms with E-state index in [1.54, 1.807) is 0 Å². The van der Waals surface area contributed by atoms with Gasteiger partial charge in [-0.25, -0.2) is 4.98 Å². The van der Waals surface area contributed by atoms with Crippen molar-refractivity contribution in [3.63, 3.8) is 0 Å². The number of allylic oxidation sites excluding steroid dienone is 4. The van der Waals surface area contributed by atoms with Gasteiger partial charge in [0.05, 0.1) is 23.1 Å². The van der Waals surface area contributed by atoms with Crippen LogP contribution >= 0.6 is 0 Å². The summed E-state index contributed by atoms with van der Waals surface area (Å²) in [5.41, 5.74) is 7.46. The van der Waals surface area contributed by atoms with E-state index in [0.29, 0.717) is 0 Å². The van der Waals surface area contributed by atoms with Crippen LogP contribution in [0.1, 0.15) is 70.3 Å². The smallest absolute Gasteiger partial charge is 0.140 e. The molecule has 198 valence electrons. The molecule has 0 saturated heterocycles. The molecule has 5 heteroatoms. The minimum absolute atomic E-state index is 0.167. The van der Waals surface area contributed by atoms with Crippen molar-refractivity contribution < 1.29 is 0 Å². The third kappa shape index (κ3) is 6.16. The molecule has 0 unspecified atom stereocenters. The fraction of sp³-hybridized carbons (Fsp3) is 0.394. The van der Waals surface area contributed by atoms with Gasteiger partial charge in [0, 0.05) is 37.1 Å². The van der Waals surface area contributed by atoms with Gasteiger partial charge in [0.1, 0.15) is 5.82 Å². The van der Waals surface area contributed by atoms with Gasteiger partial charge in [-0.15, -0.1) is 0 Å². The summed E-state index contributed by atoms with van der Waals surface area (Å²) in [6.45, 7) is 13.0. The van der Waals surface area contributed by atoms with Crippen molar-refractivity contribution in [2.75, 3.05) is 6.54 Å². The number of fused-ring (bicyclic) bond motifs is 1. The quantitative estimate of drug-likeness (QED) is 0.236. The molecule has 0 aliphatic heterocycles. The van der Waals surface area contributed by atoms with Gasteiger partial charge in [-0.1, -0.05) is 88.7 Å². The molecule has 0 spiro atoms. The summed E-state index contributed by atoms with van der Waals surface area (Å²) in [6.07, 6.45) is 13.3. The number of hydrogen-bond acceptors (Lipinski definition) is 3. The average Bonchev–Trinajstić information content (AvgIpc) is 3.52. The number of aromatic nitrogens is 4. The second-order valence-corrected chi connectivity index (χ2v) is 11.7. The van der Waals surface area contributed by atoms with Crippen LogP contribution in [0.5, 0.6) is 0 Å². The molecule has 0 radical (unpaired) electrons. The Morgan fingerprint density at radius 3 is 2.61 bits per heavy atom. The Morgan fingerprint density at radius 1 is 1.03 bits per heavy atom. The van der Waals surface area contributed by atoms with Crippen molar-refractivity contribution in [2.24, 2.45) is 5.41 Å². The third-order valence-corrected chi connectivity index (χ3v) is 7.09. The van der Waals surface area contributed by atoms with Crippen LogP contribution in [0.4, 0.5) is 0 Å². The van der Waals surface area contributed by atoms with Crippen molar-refractivity contribution in [1.29, 1.82) is 0 Å². The number of hydrogen-bond donors (Lipinski definition) is 1. The number of H-pyrrole nitrogens is 1. The molecule has 0 atom stereocenters. The van der Waals surface area contributed by atoms with E-state index in [1.807, 2.05) is 6.20 Å². The Balaban J connectivity index is 1.58. The Kier molecular flexibility index (Phi) is 7.94. The lowest BCUT2D eigenvalue weighted by atomic mass is 9.95. The van der Waals surface area contributed by atoms with Gasteiger partial charge in [0.15, 0.2) is 0 Å². The summed E-state index contributed by atoms with van der Waals surface area (Å²) < 4.78 is 2.51. The van der Waals surface area contributed by atoms with E-state index in [1.165, 1.54) is 22.4 Å². The molecular formula is C33H41N5. The molecule has 1 N–H and O–H groups in total. The van der Waals surface area contributed by atoms with E-state index in [-0.39, 0.29) is 5.41 Å².